The third kappa shape index (κ3) is 3.33. The van der Waals surface area contributed by atoms with Crippen molar-refractivity contribution in [2.45, 2.75) is 18.6 Å². The lowest BCUT2D eigenvalue weighted by molar-refractivity contribution is 0.123. The van der Waals surface area contributed by atoms with Crippen LogP contribution >= 0.6 is 0 Å². The zero-order valence-electron chi connectivity index (χ0n) is 16.8. The molecule has 0 aliphatic carbocycles. The number of carbonyl (C=O) groups is 2. The van der Waals surface area contributed by atoms with Gasteiger partial charge in [0.1, 0.15) is 11.8 Å². The van der Waals surface area contributed by atoms with Crippen LogP contribution < -0.4 is 10.2 Å². The van der Waals surface area contributed by atoms with Gasteiger partial charge in [-0.2, -0.15) is 4.80 Å². The first-order valence-electron chi connectivity index (χ1n) is 9.69. The number of pyridine rings is 1. The molecule has 0 saturated carbocycles. The summed E-state index contributed by atoms with van der Waals surface area (Å²) >= 11 is 0. The highest BCUT2D eigenvalue weighted by Gasteiger charge is 2.47. The summed E-state index contributed by atoms with van der Waals surface area (Å²) in [5.74, 6) is 0.466. The Morgan fingerprint density at radius 3 is 2.84 bits per heavy atom. The molecule has 11 nitrogen and oxygen atoms in total. The smallest absolute Gasteiger partial charge is 0.415 e. The largest absolute Gasteiger partial charge is 0.453 e. The highest BCUT2D eigenvalue weighted by Crippen LogP contribution is 2.40. The number of anilines is 1. The number of cyclic esters (lactones) is 1. The van der Waals surface area contributed by atoms with Gasteiger partial charge in [-0.1, -0.05) is 12.1 Å². The first-order valence-corrected chi connectivity index (χ1v) is 9.69. The molecule has 1 N–H and O–H groups in total. The molecular weight excluding hydrogens is 402 g/mol. The number of carbonyl (C=O) groups excluding carboxylic acids is 2. The zero-order valence-corrected chi connectivity index (χ0v) is 16.8. The van der Waals surface area contributed by atoms with Gasteiger partial charge >= 0.3 is 12.2 Å². The topological polar surface area (TPSA) is 124 Å². The molecule has 2 aliphatic heterocycles. The van der Waals surface area contributed by atoms with Crippen LogP contribution in [0, 0.1) is 0 Å². The molecule has 31 heavy (non-hydrogen) atoms. The first-order chi connectivity index (χ1) is 15.0. The minimum Gasteiger partial charge on any atom is -0.453 e. The molecule has 158 valence electrons. The van der Waals surface area contributed by atoms with E-state index < -0.39 is 18.3 Å². The molecule has 4 heterocycles. The van der Waals surface area contributed by atoms with Crippen LogP contribution in [-0.2, 0) is 22.9 Å². The van der Waals surface area contributed by atoms with Gasteiger partial charge in [0, 0.05) is 11.8 Å². The van der Waals surface area contributed by atoms with Gasteiger partial charge in [-0.25, -0.2) is 9.59 Å². The highest BCUT2D eigenvalue weighted by molar-refractivity contribution is 5.94. The van der Waals surface area contributed by atoms with E-state index in [0.29, 0.717) is 17.9 Å². The van der Waals surface area contributed by atoms with E-state index >= 15 is 0 Å². The third-order valence-corrected chi connectivity index (χ3v) is 5.44. The van der Waals surface area contributed by atoms with Crippen molar-refractivity contribution in [2.24, 2.45) is 7.05 Å². The number of hydrogen-bond donors (Lipinski definition) is 1. The number of benzene rings is 1. The summed E-state index contributed by atoms with van der Waals surface area (Å²) in [6.07, 6.45) is 0.997. The van der Waals surface area contributed by atoms with Gasteiger partial charge in [0.15, 0.2) is 0 Å². The van der Waals surface area contributed by atoms with Crippen molar-refractivity contribution in [3.63, 3.8) is 0 Å². The van der Waals surface area contributed by atoms with Crippen LogP contribution in [0.5, 0.6) is 0 Å². The average molecular weight is 421 g/mol. The van der Waals surface area contributed by atoms with E-state index in [1.165, 1.54) is 11.9 Å². The maximum atomic E-state index is 12.4. The quantitative estimate of drug-likeness (QED) is 0.673. The van der Waals surface area contributed by atoms with Gasteiger partial charge in [0.05, 0.1) is 32.4 Å². The molecule has 0 radical (unpaired) electrons. The maximum Gasteiger partial charge on any atom is 0.415 e. The Hall–Kier alpha value is -4.02. The van der Waals surface area contributed by atoms with Crippen LogP contribution in [0.3, 0.4) is 0 Å². The molecular formula is C20H19N7O4. The Morgan fingerprint density at radius 1 is 1.29 bits per heavy atom. The van der Waals surface area contributed by atoms with Crippen molar-refractivity contribution in [2.75, 3.05) is 18.6 Å². The van der Waals surface area contributed by atoms with Crippen LogP contribution in [0.25, 0.3) is 22.6 Å². The minimum absolute atomic E-state index is 0.168. The summed E-state index contributed by atoms with van der Waals surface area (Å²) in [4.78, 5) is 31.3. The summed E-state index contributed by atoms with van der Waals surface area (Å²) in [6, 6.07) is 9.56. The molecule has 2 amide bonds. The normalized spacial score (nSPS) is 19.0. The van der Waals surface area contributed by atoms with Gasteiger partial charge in [0.2, 0.25) is 5.82 Å². The molecule has 2 atom stereocenters. The molecule has 3 aromatic rings. The third-order valence-electron chi connectivity index (χ3n) is 5.44. The molecule has 0 spiro atoms. The van der Waals surface area contributed by atoms with E-state index in [9.17, 15) is 9.59 Å². The Labute approximate surface area is 177 Å². The molecule has 2 aliphatic rings. The van der Waals surface area contributed by atoms with E-state index in [0.717, 1.165) is 22.4 Å². The predicted octanol–water partition coefficient (Wildman–Crippen LogP) is 1.54. The van der Waals surface area contributed by atoms with Crippen molar-refractivity contribution < 1.29 is 19.1 Å². The number of tetrazole rings is 1. The number of ether oxygens (including phenoxy) is 2. The second-order valence-electron chi connectivity index (χ2n) is 7.31. The second kappa shape index (κ2) is 7.35. The Balaban J connectivity index is 1.36. The van der Waals surface area contributed by atoms with Gasteiger partial charge in [0.25, 0.3) is 0 Å². The van der Waals surface area contributed by atoms with E-state index in [2.05, 4.69) is 36.5 Å². The van der Waals surface area contributed by atoms with Gasteiger partial charge in [-0.3, -0.25) is 9.88 Å². The first kappa shape index (κ1) is 19.0. The summed E-state index contributed by atoms with van der Waals surface area (Å²) in [5, 5.41) is 14.6. The van der Waals surface area contributed by atoms with Crippen LogP contribution in [0.1, 0.15) is 5.56 Å². The number of methoxy groups -OCH3 is 1. The monoisotopic (exact) mass is 421 g/mol. The fraction of sp³-hybridized carbons (Fsp3) is 0.300. The molecule has 5 rings (SSSR count). The molecule has 0 bridgehead atoms. The summed E-state index contributed by atoms with van der Waals surface area (Å²) in [7, 11) is 2.99. The van der Waals surface area contributed by atoms with Crippen molar-refractivity contribution in [1.82, 2.24) is 30.5 Å². The zero-order chi connectivity index (χ0) is 21.5. The second-order valence-corrected chi connectivity index (χ2v) is 7.31. The lowest BCUT2D eigenvalue weighted by Crippen LogP contribution is -2.40. The maximum absolute atomic E-state index is 12.4. The number of rotatable bonds is 4. The van der Waals surface area contributed by atoms with Crippen LogP contribution in [0.4, 0.5) is 15.3 Å². The van der Waals surface area contributed by atoms with Gasteiger partial charge in [-0.15, -0.1) is 10.2 Å². The lowest BCUT2D eigenvalue weighted by atomic mass is 10.0. The van der Waals surface area contributed by atoms with Crippen molar-refractivity contribution in [1.29, 1.82) is 0 Å². The standard InChI is InChI=1S/C20H19N7O4/c1-26-24-18(23-25-26)14-5-3-12(9-21-14)11-4-6-15-13(7-11)8-16-17(10-22-19(28)30-2)31-20(29)27(15)16/h3-7,9,16-17H,8,10H2,1-2H3,(H,22,28)/t16?,17-/m0/s1. The highest BCUT2D eigenvalue weighted by atomic mass is 16.6. The Morgan fingerprint density at radius 2 is 2.13 bits per heavy atom. The molecule has 11 heteroatoms. The summed E-state index contributed by atoms with van der Waals surface area (Å²) in [6.45, 7) is 0.197. The van der Waals surface area contributed by atoms with E-state index in [1.54, 1.807) is 18.1 Å². The van der Waals surface area contributed by atoms with Gasteiger partial charge in [-0.05, 0) is 41.0 Å². The number of nitrogens with one attached hydrogen (secondary N) is 1. The van der Waals surface area contributed by atoms with Crippen LogP contribution in [-0.4, -0.2) is 63.2 Å². The lowest BCUT2D eigenvalue weighted by Gasteiger charge is -2.16. The number of aryl methyl sites for hydroxylation is 1. The Bertz CT molecular complexity index is 1160. The molecule has 1 fully saturated rings. The van der Waals surface area contributed by atoms with Crippen molar-refractivity contribution in [3.05, 3.63) is 42.1 Å². The number of alkyl carbamates (subject to hydrolysis) is 1. The Kier molecular flexibility index (Phi) is 4.50. The SMILES string of the molecule is COC(=O)NC[C@@H]1OC(=O)N2c3ccc(-c4ccc(-c5nnn(C)n5)nc4)cc3CC12. The molecule has 1 saturated heterocycles. The number of nitrogens with zero attached hydrogens (tertiary/aromatic N) is 6. The van der Waals surface area contributed by atoms with E-state index in [4.69, 9.17) is 4.74 Å². The summed E-state index contributed by atoms with van der Waals surface area (Å²) < 4.78 is 10.0. The molecule has 2 aromatic heterocycles. The van der Waals surface area contributed by atoms with E-state index in [-0.39, 0.29) is 12.6 Å². The fourth-order valence-electron chi connectivity index (χ4n) is 3.97. The van der Waals surface area contributed by atoms with Crippen molar-refractivity contribution in [3.8, 4) is 22.6 Å². The van der Waals surface area contributed by atoms with Gasteiger partial charge < -0.3 is 14.8 Å². The minimum atomic E-state index is -0.556. The number of amides is 2. The average Bonchev–Trinajstić information content (AvgIpc) is 3.46. The summed E-state index contributed by atoms with van der Waals surface area (Å²) in [5.41, 5.74) is 4.44. The number of aromatic nitrogens is 5. The van der Waals surface area contributed by atoms with Crippen LogP contribution in [0.15, 0.2) is 36.5 Å². The molecule has 1 aromatic carbocycles. The van der Waals surface area contributed by atoms with Crippen LogP contribution in [0.2, 0.25) is 0 Å². The number of hydrogen-bond acceptors (Lipinski definition) is 8. The molecule has 1 unspecified atom stereocenters. The fourth-order valence-corrected chi connectivity index (χ4v) is 3.97. The van der Waals surface area contributed by atoms with E-state index in [1.807, 2.05) is 24.3 Å². The predicted molar refractivity (Wildman–Crippen MR) is 108 cm³/mol. The van der Waals surface area contributed by atoms with Crippen molar-refractivity contribution >= 4 is 17.9 Å². The number of fused-ring (bicyclic) bond motifs is 3.